The number of halogens is 6. The van der Waals surface area contributed by atoms with Crippen LogP contribution >= 0.6 is 0 Å². The molecule has 3 aromatic rings. The monoisotopic (exact) mass is 559 g/mol. The van der Waals surface area contributed by atoms with Crippen molar-refractivity contribution >= 4 is 11.0 Å². The number of hydrogen-bond donors (Lipinski definition) is 1. The summed E-state index contributed by atoms with van der Waals surface area (Å²) in [5, 5.41) is 5.79. The third kappa shape index (κ3) is 6.50. The molecule has 11 heteroatoms. The molecule has 0 saturated heterocycles. The predicted molar refractivity (Wildman–Crippen MR) is 133 cm³/mol. The van der Waals surface area contributed by atoms with Crippen molar-refractivity contribution in [3.05, 3.63) is 95.1 Å². The van der Waals surface area contributed by atoms with Crippen LogP contribution in [0.2, 0.25) is 0 Å². The van der Waals surface area contributed by atoms with Crippen LogP contribution in [-0.2, 0) is 22.8 Å². The summed E-state index contributed by atoms with van der Waals surface area (Å²) in [6.45, 7) is 3.20. The third-order valence-electron chi connectivity index (χ3n) is 6.26. The van der Waals surface area contributed by atoms with Crippen molar-refractivity contribution in [1.82, 2.24) is 0 Å². The SMILES string of the molecule is COc1cc([C@@](Cc2ccccc2)(CC(C)(C)S(N)=O)c2cc(F)cc(OC(F)(F)C(F)F)c2)ccc1F. The van der Waals surface area contributed by atoms with Crippen LogP contribution in [0.1, 0.15) is 37.0 Å². The van der Waals surface area contributed by atoms with E-state index in [2.05, 4.69) is 4.74 Å². The van der Waals surface area contributed by atoms with E-state index in [1.807, 2.05) is 0 Å². The minimum absolute atomic E-state index is 0.0357. The van der Waals surface area contributed by atoms with Gasteiger partial charge in [-0.15, -0.1) is 0 Å². The second kappa shape index (κ2) is 11.4. The highest BCUT2D eigenvalue weighted by Crippen LogP contribution is 2.46. The first-order valence-corrected chi connectivity index (χ1v) is 12.6. The van der Waals surface area contributed by atoms with Gasteiger partial charge in [0.05, 0.1) is 22.8 Å². The molecule has 0 aliphatic rings. The molecule has 0 aliphatic heterocycles. The largest absolute Gasteiger partial charge is 0.494 e. The molecule has 0 radical (unpaired) electrons. The first-order valence-electron chi connectivity index (χ1n) is 11.4. The number of rotatable bonds is 11. The Hall–Kier alpha value is -3.05. The van der Waals surface area contributed by atoms with Crippen LogP contribution in [0.5, 0.6) is 11.5 Å². The molecule has 0 fully saturated rings. The van der Waals surface area contributed by atoms with Crippen LogP contribution in [0.15, 0.2) is 66.7 Å². The Bertz CT molecular complexity index is 1290. The number of alkyl halides is 4. The Morgan fingerprint density at radius 3 is 2.18 bits per heavy atom. The normalized spacial score (nSPS) is 14.7. The summed E-state index contributed by atoms with van der Waals surface area (Å²) in [6.07, 6.45) is -9.02. The van der Waals surface area contributed by atoms with E-state index < -0.39 is 51.1 Å². The fourth-order valence-electron chi connectivity index (χ4n) is 4.44. The first-order chi connectivity index (χ1) is 17.7. The van der Waals surface area contributed by atoms with Gasteiger partial charge in [-0.2, -0.15) is 17.6 Å². The van der Waals surface area contributed by atoms with Gasteiger partial charge in [0.2, 0.25) is 0 Å². The van der Waals surface area contributed by atoms with E-state index in [0.717, 1.165) is 18.2 Å². The fourth-order valence-corrected chi connectivity index (χ4v) is 4.83. The molecule has 0 heterocycles. The molecule has 4 nitrogen and oxygen atoms in total. The van der Waals surface area contributed by atoms with Crippen molar-refractivity contribution < 1.29 is 40.0 Å². The first kappa shape index (κ1) is 29.5. The molecule has 0 spiro atoms. The summed E-state index contributed by atoms with van der Waals surface area (Å²) in [5.74, 6) is -2.72. The summed E-state index contributed by atoms with van der Waals surface area (Å²) in [6, 6.07) is 15.3. The third-order valence-corrected chi connectivity index (χ3v) is 7.49. The van der Waals surface area contributed by atoms with Gasteiger partial charge in [-0.1, -0.05) is 36.4 Å². The lowest BCUT2D eigenvalue weighted by molar-refractivity contribution is -0.253. The van der Waals surface area contributed by atoms with E-state index >= 15 is 0 Å². The van der Waals surface area contributed by atoms with Crippen molar-refractivity contribution in [1.29, 1.82) is 0 Å². The van der Waals surface area contributed by atoms with E-state index in [1.165, 1.54) is 19.2 Å². The van der Waals surface area contributed by atoms with Crippen molar-refractivity contribution in [2.24, 2.45) is 5.14 Å². The average molecular weight is 560 g/mol. The van der Waals surface area contributed by atoms with Crippen LogP contribution in [0.3, 0.4) is 0 Å². The molecule has 1 unspecified atom stereocenters. The Labute approximate surface area is 219 Å². The highest BCUT2D eigenvalue weighted by Gasteiger charge is 2.46. The van der Waals surface area contributed by atoms with Crippen molar-refractivity contribution in [2.45, 2.75) is 49.4 Å². The Balaban J connectivity index is 2.37. The van der Waals surface area contributed by atoms with Crippen LogP contribution in [0.25, 0.3) is 0 Å². The minimum Gasteiger partial charge on any atom is -0.494 e. The number of nitrogens with two attached hydrogens (primary N) is 1. The van der Waals surface area contributed by atoms with E-state index in [1.54, 1.807) is 44.2 Å². The molecule has 206 valence electrons. The molecule has 2 N–H and O–H groups in total. The van der Waals surface area contributed by atoms with Gasteiger partial charge in [0.1, 0.15) is 11.6 Å². The van der Waals surface area contributed by atoms with Gasteiger partial charge in [-0.05, 0) is 67.6 Å². The fraction of sp³-hybridized carbons (Fsp3) is 0.333. The van der Waals surface area contributed by atoms with E-state index in [9.17, 15) is 30.6 Å². The Kier molecular flexibility index (Phi) is 8.82. The second-order valence-electron chi connectivity index (χ2n) is 9.47. The van der Waals surface area contributed by atoms with Crippen molar-refractivity contribution in [2.75, 3.05) is 7.11 Å². The van der Waals surface area contributed by atoms with Crippen LogP contribution in [0, 0.1) is 11.6 Å². The summed E-state index contributed by atoms with van der Waals surface area (Å²) >= 11 is 0. The van der Waals surface area contributed by atoms with Gasteiger partial charge in [0.25, 0.3) is 0 Å². The van der Waals surface area contributed by atoms with E-state index in [4.69, 9.17) is 9.88 Å². The molecule has 3 aromatic carbocycles. The van der Waals surface area contributed by atoms with Gasteiger partial charge in [-0.3, -0.25) is 5.14 Å². The zero-order chi connectivity index (χ0) is 28.3. The Morgan fingerprint density at radius 2 is 1.61 bits per heavy atom. The number of hydrogen-bond acceptors (Lipinski definition) is 3. The smallest absolute Gasteiger partial charge is 0.461 e. The topological polar surface area (TPSA) is 61.5 Å². The van der Waals surface area contributed by atoms with Gasteiger partial charge in [-0.25, -0.2) is 13.0 Å². The lowest BCUT2D eigenvalue weighted by Crippen LogP contribution is -2.43. The quantitative estimate of drug-likeness (QED) is 0.272. The number of ether oxygens (including phenoxy) is 2. The molecule has 38 heavy (non-hydrogen) atoms. The maximum Gasteiger partial charge on any atom is 0.461 e. The van der Waals surface area contributed by atoms with Crippen LogP contribution in [0.4, 0.5) is 26.3 Å². The standard InChI is InChI=1S/C27H27F6NO3S/c1-25(2,38(34)35)16-26(15-17-7-5-4-6-8-17,18-9-10-22(29)23(13-18)36-3)19-11-20(28)14-21(12-19)37-27(32,33)24(30)31/h4-14,24H,15-16,34H2,1-3H3/t26-,38?/m1/s1. The van der Waals surface area contributed by atoms with Crippen LogP contribution in [-0.4, -0.2) is 28.6 Å². The zero-order valence-electron chi connectivity index (χ0n) is 20.8. The molecule has 0 amide bonds. The highest BCUT2D eigenvalue weighted by atomic mass is 32.2. The molecule has 0 bridgehead atoms. The molecule has 2 atom stereocenters. The summed E-state index contributed by atoms with van der Waals surface area (Å²) in [4.78, 5) is 0. The van der Waals surface area contributed by atoms with Gasteiger partial charge in [0.15, 0.2) is 11.6 Å². The van der Waals surface area contributed by atoms with Gasteiger partial charge < -0.3 is 9.47 Å². The van der Waals surface area contributed by atoms with Crippen molar-refractivity contribution in [3.8, 4) is 11.5 Å². The summed E-state index contributed by atoms with van der Waals surface area (Å²) < 4.78 is 103. The molecule has 0 aliphatic carbocycles. The average Bonchev–Trinajstić information content (AvgIpc) is 2.83. The molecule has 0 saturated carbocycles. The summed E-state index contributed by atoms with van der Waals surface area (Å²) in [5.41, 5.74) is -0.288. The molecular weight excluding hydrogens is 532 g/mol. The van der Waals surface area contributed by atoms with Crippen LogP contribution < -0.4 is 14.6 Å². The van der Waals surface area contributed by atoms with E-state index in [0.29, 0.717) is 17.2 Å². The van der Waals surface area contributed by atoms with Crippen molar-refractivity contribution in [3.63, 3.8) is 0 Å². The Morgan fingerprint density at radius 1 is 0.947 bits per heavy atom. The minimum atomic E-state index is -4.88. The molecular formula is C27H27F6NO3S. The number of benzene rings is 3. The lowest BCUT2D eigenvalue weighted by atomic mass is 9.66. The number of methoxy groups -OCH3 is 1. The maximum atomic E-state index is 14.9. The van der Waals surface area contributed by atoms with Gasteiger partial charge in [0, 0.05) is 11.5 Å². The maximum absolute atomic E-state index is 14.9. The highest BCUT2D eigenvalue weighted by molar-refractivity contribution is 7.84. The van der Waals surface area contributed by atoms with Gasteiger partial charge >= 0.3 is 12.5 Å². The summed E-state index contributed by atoms with van der Waals surface area (Å²) in [7, 11) is -0.671. The predicted octanol–water partition coefficient (Wildman–Crippen LogP) is 6.53. The molecule has 0 aromatic heterocycles. The second-order valence-corrected chi connectivity index (χ2v) is 11.2. The lowest BCUT2D eigenvalue weighted by Gasteiger charge is -2.41. The molecule has 3 rings (SSSR count). The zero-order valence-corrected chi connectivity index (χ0v) is 21.6. The van der Waals surface area contributed by atoms with E-state index in [-0.39, 0.29) is 24.2 Å².